The Labute approximate surface area is 135 Å². The largest absolute Gasteiger partial charge is 0.382 e. The summed E-state index contributed by atoms with van der Waals surface area (Å²) < 4.78 is 29.2. The van der Waals surface area contributed by atoms with Crippen molar-refractivity contribution in [1.29, 1.82) is 0 Å². The standard InChI is InChI=1S/C13H23N3O2S3/c1-4-9-21(17,18)10-11(14)15-20-12(10)16-6-5-13(2,3)19-8-7-16/h4-9H2,1-3H3,(H2,14,15). The summed E-state index contributed by atoms with van der Waals surface area (Å²) in [6.07, 6.45) is 1.60. The van der Waals surface area contributed by atoms with Crippen LogP contribution in [0, 0.1) is 0 Å². The third-order valence-electron chi connectivity index (χ3n) is 3.57. The average Bonchev–Trinajstić information content (AvgIpc) is 2.66. The van der Waals surface area contributed by atoms with E-state index in [0.29, 0.717) is 6.42 Å². The molecule has 0 radical (unpaired) electrons. The van der Waals surface area contributed by atoms with E-state index in [1.165, 1.54) is 11.5 Å². The molecule has 120 valence electrons. The first-order valence-corrected chi connectivity index (χ1v) is 10.5. The van der Waals surface area contributed by atoms with E-state index in [1.54, 1.807) is 0 Å². The number of sulfone groups is 1. The monoisotopic (exact) mass is 349 g/mol. The highest BCUT2D eigenvalue weighted by Gasteiger charge is 2.30. The molecule has 0 bridgehead atoms. The van der Waals surface area contributed by atoms with Gasteiger partial charge >= 0.3 is 0 Å². The Bertz CT molecular complexity index is 596. The lowest BCUT2D eigenvalue weighted by molar-refractivity contribution is 0.594. The highest BCUT2D eigenvalue weighted by atomic mass is 32.2. The number of anilines is 2. The molecular weight excluding hydrogens is 326 g/mol. The number of hydrogen-bond donors (Lipinski definition) is 1. The minimum atomic E-state index is -3.34. The van der Waals surface area contributed by atoms with Crippen molar-refractivity contribution in [2.45, 2.75) is 43.3 Å². The second-order valence-electron chi connectivity index (χ2n) is 5.87. The molecule has 8 heteroatoms. The molecule has 2 rings (SSSR count). The predicted octanol–water partition coefficient (Wildman–Crippen LogP) is 2.63. The van der Waals surface area contributed by atoms with Gasteiger partial charge in [0.2, 0.25) is 0 Å². The molecule has 1 aliphatic heterocycles. The van der Waals surface area contributed by atoms with Gasteiger partial charge < -0.3 is 10.6 Å². The molecule has 0 saturated carbocycles. The van der Waals surface area contributed by atoms with Crippen LogP contribution in [0.2, 0.25) is 0 Å². The molecule has 5 nitrogen and oxygen atoms in total. The van der Waals surface area contributed by atoms with Crippen LogP contribution in [0.15, 0.2) is 4.90 Å². The van der Waals surface area contributed by atoms with Gasteiger partial charge in [-0.15, -0.1) is 0 Å². The number of nitrogens with two attached hydrogens (primary N) is 1. The summed E-state index contributed by atoms with van der Waals surface area (Å²) in [6.45, 7) is 8.01. The van der Waals surface area contributed by atoms with Crippen molar-refractivity contribution in [2.24, 2.45) is 0 Å². The summed E-state index contributed by atoms with van der Waals surface area (Å²) in [5.74, 6) is 1.26. The number of aromatic nitrogens is 1. The molecule has 0 atom stereocenters. The highest BCUT2D eigenvalue weighted by Crippen LogP contribution is 2.39. The van der Waals surface area contributed by atoms with Gasteiger partial charge in [-0.1, -0.05) is 20.8 Å². The molecule has 1 aromatic rings. The first-order valence-electron chi connectivity index (χ1n) is 7.13. The lowest BCUT2D eigenvalue weighted by Crippen LogP contribution is -2.27. The number of hydrogen-bond acceptors (Lipinski definition) is 7. The Morgan fingerprint density at radius 3 is 2.76 bits per heavy atom. The number of thioether (sulfide) groups is 1. The zero-order valence-electron chi connectivity index (χ0n) is 12.8. The Morgan fingerprint density at radius 1 is 1.38 bits per heavy atom. The molecule has 0 aromatic carbocycles. The molecule has 0 amide bonds. The SMILES string of the molecule is CCCS(=O)(=O)c1c(N)nsc1N1CCSC(C)(C)CC1. The molecule has 1 aromatic heterocycles. The summed E-state index contributed by atoms with van der Waals surface area (Å²) in [5.41, 5.74) is 5.85. The molecule has 1 fully saturated rings. The van der Waals surface area contributed by atoms with Crippen molar-refractivity contribution >= 4 is 44.0 Å². The van der Waals surface area contributed by atoms with E-state index in [9.17, 15) is 8.42 Å². The van der Waals surface area contributed by atoms with Gasteiger partial charge in [0.15, 0.2) is 15.7 Å². The highest BCUT2D eigenvalue weighted by molar-refractivity contribution is 8.00. The molecule has 1 aliphatic rings. The lowest BCUT2D eigenvalue weighted by Gasteiger charge is -2.23. The van der Waals surface area contributed by atoms with Gasteiger partial charge in [0, 0.05) is 23.6 Å². The first-order chi connectivity index (χ1) is 9.77. The second kappa shape index (κ2) is 6.34. The van der Waals surface area contributed by atoms with E-state index in [0.717, 1.165) is 30.3 Å². The van der Waals surface area contributed by atoms with Crippen LogP contribution in [0.4, 0.5) is 10.8 Å². The van der Waals surface area contributed by atoms with Crippen molar-refractivity contribution in [1.82, 2.24) is 4.37 Å². The Kier molecular flexibility index (Phi) is 5.10. The average molecular weight is 350 g/mol. The van der Waals surface area contributed by atoms with E-state index in [-0.39, 0.29) is 21.2 Å². The van der Waals surface area contributed by atoms with Crippen molar-refractivity contribution in [3.8, 4) is 0 Å². The van der Waals surface area contributed by atoms with Gasteiger partial charge in [0.05, 0.1) is 5.75 Å². The third kappa shape index (κ3) is 3.84. The van der Waals surface area contributed by atoms with E-state index >= 15 is 0 Å². The topological polar surface area (TPSA) is 76.3 Å². The molecule has 2 heterocycles. The summed E-state index contributed by atoms with van der Waals surface area (Å²) in [4.78, 5) is 2.39. The minimum absolute atomic E-state index is 0.122. The fourth-order valence-corrected chi connectivity index (χ4v) is 6.29. The maximum atomic E-state index is 12.4. The van der Waals surface area contributed by atoms with E-state index in [2.05, 4.69) is 23.1 Å². The summed E-state index contributed by atoms with van der Waals surface area (Å²) >= 11 is 3.14. The Hall–Kier alpha value is -0.470. The van der Waals surface area contributed by atoms with Gasteiger partial charge in [-0.25, -0.2) is 8.42 Å². The molecule has 0 spiro atoms. The molecular formula is C13H23N3O2S3. The van der Waals surface area contributed by atoms with E-state index < -0.39 is 9.84 Å². The fourth-order valence-electron chi connectivity index (χ4n) is 2.37. The first kappa shape index (κ1) is 16.9. The second-order valence-corrected chi connectivity index (χ2v) is 10.5. The molecule has 1 saturated heterocycles. The number of nitrogens with zero attached hydrogens (tertiary/aromatic N) is 2. The van der Waals surface area contributed by atoms with E-state index in [1.807, 2.05) is 18.7 Å². The minimum Gasteiger partial charge on any atom is -0.382 e. The van der Waals surface area contributed by atoms with Gasteiger partial charge in [0.25, 0.3) is 0 Å². The Balaban J connectivity index is 2.33. The molecule has 0 aliphatic carbocycles. The maximum Gasteiger partial charge on any atom is 0.185 e. The van der Waals surface area contributed by atoms with Crippen LogP contribution in [0.1, 0.15) is 33.6 Å². The van der Waals surface area contributed by atoms with Crippen LogP contribution >= 0.6 is 23.3 Å². The van der Waals surface area contributed by atoms with Gasteiger partial charge in [0.1, 0.15) is 9.90 Å². The maximum absolute atomic E-state index is 12.4. The van der Waals surface area contributed by atoms with Crippen LogP contribution in [-0.4, -0.2) is 42.1 Å². The molecule has 21 heavy (non-hydrogen) atoms. The van der Waals surface area contributed by atoms with Gasteiger partial charge in [-0.05, 0) is 24.4 Å². The van der Waals surface area contributed by atoms with Gasteiger partial charge in [-0.2, -0.15) is 16.1 Å². The predicted molar refractivity (Wildman–Crippen MR) is 92.2 cm³/mol. The summed E-state index contributed by atoms with van der Waals surface area (Å²) in [7, 11) is -3.34. The van der Waals surface area contributed by atoms with Crippen molar-refractivity contribution in [2.75, 3.05) is 35.2 Å². The van der Waals surface area contributed by atoms with Crippen molar-refractivity contribution < 1.29 is 8.42 Å². The molecule has 0 unspecified atom stereocenters. The van der Waals surface area contributed by atoms with Crippen molar-refractivity contribution in [3.05, 3.63) is 0 Å². The third-order valence-corrected chi connectivity index (χ3v) is 7.96. The van der Waals surface area contributed by atoms with Crippen LogP contribution in [0.5, 0.6) is 0 Å². The number of rotatable bonds is 4. The van der Waals surface area contributed by atoms with E-state index in [4.69, 9.17) is 5.73 Å². The Morgan fingerprint density at radius 2 is 2.10 bits per heavy atom. The van der Waals surface area contributed by atoms with Crippen LogP contribution in [0.3, 0.4) is 0 Å². The number of nitrogen functional groups attached to an aromatic ring is 1. The fraction of sp³-hybridized carbons (Fsp3) is 0.769. The summed E-state index contributed by atoms with van der Waals surface area (Å²) in [5, 5.41) is 0.722. The molecule has 2 N–H and O–H groups in total. The van der Waals surface area contributed by atoms with Crippen molar-refractivity contribution in [3.63, 3.8) is 0 Å². The normalized spacial score (nSPS) is 19.5. The zero-order chi connectivity index (χ0) is 15.7. The lowest BCUT2D eigenvalue weighted by atomic mass is 10.1. The van der Waals surface area contributed by atoms with Crippen LogP contribution in [0.25, 0.3) is 0 Å². The smallest absolute Gasteiger partial charge is 0.185 e. The quantitative estimate of drug-likeness (QED) is 0.900. The summed E-state index contributed by atoms with van der Waals surface area (Å²) in [6, 6.07) is 0. The van der Waals surface area contributed by atoms with Crippen LogP contribution < -0.4 is 10.6 Å². The van der Waals surface area contributed by atoms with Gasteiger partial charge in [-0.3, -0.25) is 0 Å². The van der Waals surface area contributed by atoms with Crippen LogP contribution in [-0.2, 0) is 9.84 Å². The zero-order valence-corrected chi connectivity index (χ0v) is 15.2.